The number of oxime groups is 1. The third-order valence-electron chi connectivity index (χ3n) is 17.3. The summed E-state index contributed by atoms with van der Waals surface area (Å²) in [6.45, 7) is 24.9. The number of rotatable bonds is 20. The molecule has 27 heteroatoms. The number of nitrogens with zero attached hydrogens (tertiary/aromatic N) is 2. The van der Waals surface area contributed by atoms with Gasteiger partial charge in [0.2, 0.25) is 10.0 Å². The molecule has 4 fully saturated rings. The van der Waals surface area contributed by atoms with Gasteiger partial charge in [0, 0.05) is 70.4 Å². The number of nitrogens with one attached hydrogen (secondary N) is 2. The van der Waals surface area contributed by atoms with E-state index in [0.717, 1.165) is 18.2 Å². The van der Waals surface area contributed by atoms with Crippen molar-refractivity contribution in [2.45, 2.75) is 238 Å². The van der Waals surface area contributed by atoms with E-state index in [9.17, 15) is 37.0 Å². The second-order valence-corrected chi connectivity index (χ2v) is 27.7. The maximum Gasteiger partial charge on any atom is 0.408 e. The molecule has 0 aliphatic carbocycles. The van der Waals surface area contributed by atoms with Gasteiger partial charge in [-0.15, -0.1) is 0 Å². The van der Waals surface area contributed by atoms with Crippen LogP contribution in [-0.4, -0.2) is 204 Å². The summed E-state index contributed by atoms with van der Waals surface area (Å²) in [4.78, 5) is 66.3. The number of carbonyl (C=O) groups excluding carboxylic acids is 4. The molecule has 1 unspecified atom stereocenters. The number of Topliss-reactive ketones (excluding diaryl/α,β-unsaturated/α-hetero) is 1. The molecular weight excluding hydrogens is 1180 g/mol. The molecule has 1 amide bonds. The summed E-state index contributed by atoms with van der Waals surface area (Å²) in [5.41, 5.74) is -3.59. The van der Waals surface area contributed by atoms with Crippen LogP contribution in [0.3, 0.4) is 0 Å². The van der Waals surface area contributed by atoms with Gasteiger partial charge in [0.1, 0.15) is 55.4 Å². The monoisotopic (exact) mass is 1280 g/mol. The second kappa shape index (κ2) is 32.0. The zero-order valence-corrected chi connectivity index (χ0v) is 55.5. The van der Waals surface area contributed by atoms with Crippen LogP contribution in [0.15, 0.2) is 28.3 Å². The Morgan fingerprint density at radius 3 is 2.09 bits per heavy atom. The first kappa shape index (κ1) is 74.6. The first-order valence-corrected chi connectivity index (χ1v) is 32.0. The Morgan fingerprint density at radius 1 is 0.852 bits per heavy atom. The smallest absolute Gasteiger partial charge is 0.408 e. The number of benzene rings is 1. The highest BCUT2D eigenvalue weighted by Gasteiger charge is 2.53. The third kappa shape index (κ3) is 19.0. The van der Waals surface area contributed by atoms with Gasteiger partial charge in [0.25, 0.3) is 0 Å². The van der Waals surface area contributed by atoms with E-state index in [2.05, 4.69) is 20.1 Å². The second-order valence-electron chi connectivity index (χ2n) is 26.0. The minimum atomic E-state index is -4.84. The molecular formula is C61H100F2N4O20S. The highest BCUT2D eigenvalue weighted by atomic mass is 32.2. The van der Waals surface area contributed by atoms with E-state index in [4.69, 9.17) is 56.9 Å². The van der Waals surface area contributed by atoms with Crippen molar-refractivity contribution in [3.05, 3.63) is 29.8 Å². The summed E-state index contributed by atoms with van der Waals surface area (Å²) in [5.74, 6) is -11.3. The zero-order chi connectivity index (χ0) is 66.1. The number of hydrogen-bond acceptors (Lipinski definition) is 22. The molecule has 0 aromatic heterocycles. The van der Waals surface area contributed by atoms with Gasteiger partial charge < -0.3 is 77.4 Å². The Morgan fingerprint density at radius 2 is 1.49 bits per heavy atom. The highest BCUT2D eigenvalue weighted by molar-refractivity contribution is 7.89. The molecule has 5 rings (SSSR count). The lowest BCUT2D eigenvalue weighted by Crippen LogP contribution is -2.59. The van der Waals surface area contributed by atoms with Crippen molar-refractivity contribution in [3.8, 4) is 0 Å². The molecule has 88 heavy (non-hydrogen) atoms. The molecule has 0 saturated carbocycles. The fraction of sp³-hybridized carbons (Fsp3) is 0.820. The number of aliphatic hydroxyl groups excluding tert-OH is 2. The first-order valence-electron chi connectivity index (χ1n) is 30.5. The molecule has 1 aromatic carbocycles. The number of ketones is 1. The first-order chi connectivity index (χ1) is 41.0. The number of sulfonamides is 1. The fourth-order valence-electron chi connectivity index (χ4n) is 12.4. The summed E-state index contributed by atoms with van der Waals surface area (Å²) in [6.07, 6.45) is -15.6. The van der Waals surface area contributed by atoms with Crippen molar-refractivity contribution in [3.63, 3.8) is 0 Å². The summed E-state index contributed by atoms with van der Waals surface area (Å²) >= 11 is 0. The van der Waals surface area contributed by atoms with Crippen LogP contribution in [0.4, 0.5) is 13.6 Å². The quantitative estimate of drug-likeness (QED) is 0.0657. The Bertz CT molecular complexity index is 2600. The SMILES string of the molecule is CO/N=C1\C[C@@H](C)O[C@@H](O[C@@H]2[C@@H](C)[C@H](O[C@H]3CC(C)N(C)C[C@H](C)O3)[C@@H](C)C(=O)O[C@H]([C@@H](C)CO[C@@H]3O[C@H](C)[C@@H](O)[C@@H](OC)[C@H]3OC)[C@H](C)[C@@H](OC(=O)CC(C)C)[C@@H](C)C(=O)[C@@](C)(OC(=O)NC(C)(C)CNS(=O)(=O)c3c(F)cccc3F)C[C@@H]2C)[C@@H]1O. The molecule has 0 bridgehead atoms. The molecule has 22 atom stereocenters. The van der Waals surface area contributed by atoms with Crippen LogP contribution in [0.1, 0.15) is 130 Å². The van der Waals surface area contributed by atoms with E-state index in [0.29, 0.717) is 13.0 Å². The molecule has 24 nitrogen and oxygen atoms in total. The van der Waals surface area contributed by atoms with E-state index in [1.165, 1.54) is 49.0 Å². The topological polar surface area (TPSA) is 293 Å². The number of halogens is 2. The predicted molar refractivity (Wildman–Crippen MR) is 316 cm³/mol. The number of aliphatic hydroxyl groups is 2. The Labute approximate surface area is 518 Å². The van der Waals surface area contributed by atoms with Crippen LogP contribution in [0, 0.1) is 53.1 Å². The average Bonchev–Trinajstić information content (AvgIpc) is 1.08. The number of amides is 1. The number of esters is 2. The maximum atomic E-state index is 16.0. The van der Waals surface area contributed by atoms with E-state index >= 15 is 9.59 Å². The van der Waals surface area contributed by atoms with Crippen LogP contribution >= 0.6 is 0 Å². The third-order valence-corrected chi connectivity index (χ3v) is 18.7. The summed E-state index contributed by atoms with van der Waals surface area (Å²) < 4.78 is 129. The predicted octanol–water partition coefficient (Wildman–Crippen LogP) is 6.04. The summed E-state index contributed by atoms with van der Waals surface area (Å²) in [7, 11) is 1.29. The van der Waals surface area contributed by atoms with Gasteiger partial charge in [0.05, 0.1) is 60.2 Å². The number of cyclic esters (lactones) is 1. The number of likely N-dealkylation sites (N-methyl/N-ethyl adjacent to an activating group) is 1. The van der Waals surface area contributed by atoms with Gasteiger partial charge in [0.15, 0.2) is 35.1 Å². The Balaban J connectivity index is 1.71. The van der Waals surface area contributed by atoms with E-state index in [1.54, 1.807) is 48.5 Å². The van der Waals surface area contributed by atoms with Gasteiger partial charge in [-0.3, -0.25) is 14.4 Å². The Hall–Kier alpha value is -4.10. The highest BCUT2D eigenvalue weighted by Crippen LogP contribution is 2.41. The minimum absolute atomic E-state index is 0.0579. The van der Waals surface area contributed by atoms with Gasteiger partial charge in [-0.05, 0) is 92.8 Å². The van der Waals surface area contributed by atoms with Gasteiger partial charge >= 0.3 is 18.0 Å². The normalized spacial score (nSPS) is 37.1. The van der Waals surface area contributed by atoms with Gasteiger partial charge in [-0.25, -0.2) is 26.7 Å². The van der Waals surface area contributed by atoms with Gasteiger partial charge in [-0.1, -0.05) is 59.7 Å². The Kier molecular flexibility index (Phi) is 27.1. The number of carbonyl (C=O) groups is 4. The van der Waals surface area contributed by atoms with Gasteiger partial charge in [-0.2, -0.15) is 0 Å². The zero-order valence-electron chi connectivity index (χ0n) is 54.7. The van der Waals surface area contributed by atoms with Crippen LogP contribution in [0.25, 0.3) is 0 Å². The van der Waals surface area contributed by atoms with Crippen LogP contribution in [0.5, 0.6) is 0 Å². The van der Waals surface area contributed by atoms with Crippen LogP contribution in [-0.2, 0) is 81.3 Å². The molecule has 4 aliphatic rings. The minimum Gasteiger partial charge on any atom is -0.461 e. The molecule has 4 heterocycles. The van der Waals surface area contributed by atoms with Crippen molar-refractivity contribution >= 4 is 39.6 Å². The standard InChI is InChI=1S/C61H100F2N4O20S/c1-30(2)23-44(68)83-50-37(9)49(32(4)28-79-58-53(77-18)52(76-17)46(69)40(12)82-58)85-56(72)39(11)51(84-45-24-33(5)67(16)27-35(7)80-45)36(8)48(86-57-47(70)43(66-78-19)25-34(6)81-57)31(3)26-61(15,55(71)38(50)10)87-59(73)65-60(13,14)29-64-88(74,75)54-41(62)21-20-22-42(54)63/h20-22,30-40,45-53,57-58,64,69-70H,23-29H2,1-19H3,(H,65,73)/b66-43+/t31-,32-,33?,34+,35-,36+,37-,38+,39+,40+,45-,46+,47+,48-,49+,50+,51-,52+,53+,57-,58+,61-/m0/s1. The lowest BCUT2D eigenvalue weighted by molar-refractivity contribution is -0.305. The van der Waals surface area contributed by atoms with Crippen molar-refractivity contribution in [2.24, 2.45) is 46.6 Å². The summed E-state index contributed by atoms with van der Waals surface area (Å²) in [6, 6.07) is 2.52. The van der Waals surface area contributed by atoms with Crippen molar-refractivity contribution < 1.29 is 104 Å². The number of methoxy groups -OCH3 is 2. The van der Waals surface area contributed by atoms with Crippen molar-refractivity contribution in [1.82, 2.24) is 14.9 Å². The lowest BCUT2D eigenvalue weighted by Gasteiger charge is -2.45. The van der Waals surface area contributed by atoms with Crippen molar-refractivity contribution in [1.29, 1.82) is 0 Å². The van der Waals surface area contributed by atoms with Crippen LogP contribution in [0.2, 0.25) is 0 Å². The number of alkyl carbamates (subject to hydrolysis) is 1. The van der Waals surface area contributed by atoms with Crippen LogP contribution < -0.4 is 10.0 Å². The average molecular weight is 1280 g/mol. The number of hydrogen-bond donors (Lipinski definition) is 4. The van der Waals surface area contributed by atoms with E-state index < -0.39 is 183 Å². The molecule has 4 saturated heterocycles. The molecule has 4 aliphatic heterocycles. The fourth-order valence-corrected chi connectivity index (χ4v) is 13.7. The molecule has 1 aromatic rings. The largest absolute Gasteiger partial charge is 0.461 e. The molecule has 0 radical (unpaired) electrons. The van der Waals surface area contributed by atoms with Crippen molar-refractivity contribution in [2.75, 3.05) is 48.1 Å². The van der Waals surface area contributed by atoms with E-state index in [1.807, 2.05) is 34.7 Å². The lowest BCUT2D eigenvalue weighted by atomic mass is 9.74. The molecule has 0 spiro atoms. The molecule has 504 valence electrons. The van der Waals surface area contributed by atoms with E-state index in [-0.39, 0.29) is 49.6 Å². The summed E-state index contributed by atoms with van der Waals surface area (Å²) in [5, 5.41) is 29.5. The number of ether oxygens (including phenoxy) is 11. The maximum absolute atomic E-state index is 16.0. The molecule has 4 N–H and O–H groups in total.